The number of amides is 1. The summed E-state index contributed by atoms with van der Waals surface area (Å²) in [7, 11) is 0. The summed E-state index contributed by atoms with van der Waals surface area (Å²) in [5.74, 6) is -1.01. The highest BCUT2D eigenvalue weighted by atomic mass is 35.5. The van der Waals surface area contributed by atoms with Gasteiger partial charge in [0.15, 0.2) is 6.10 Å². The van der Waals surface area contributed by atoms with E-state index in [4.69, 9.17) is 21.1 Å². The minimum Gasteiger partial charge on any atom is -0.444 e. The third-order valence-electron chi connectivity index (χ3n) is 4.73. The van der Waals surface area contributed by atoms with Gasteiger partial charge in [-0.25, -0.2) is 14.4 Å². The molecule has 1 amide bonds. The number of carbonyl (C=O) groups excluding carboxylic acids is 3. The normalized spacial score (nSPS) is 12.7. The van der Waals surface area contributed by atoms with Crippen LogP contribution in [0.5, 0.6) is 0 Å². The number of halogens is 1. The van der Waals surface area contributed by atoms with Crippen LogP contribution in [0, 0.1) is 0 Å². The summed E-state index contributed by atoms with van der Waals surface area (Å²) in [5.41, 5.74) is 2.05. The van der Waals surface area contributed by atoms with Gasteiger partial charge in [-0.1, -0.05) is 48.0 Å². The lowest BCUT2D eigenvalue weighted by Gasteiger charge is -2.25. The summed E-state index contributed by atoms with van der Waals surface area (Å²) >= 11 is 6.08. The maximum Gasteiger partial charge on any atom is 0.511 e. The molecule has 0 aliphatic rings. The van der Waals surface area contributed by atoms with Crippen molar-refractivity contribution < 1.29 is 38.4 Å². The van der Waals surface area contributed by atoms with Gasteiger partial charge in [0.05, 0.1) is 6.61 Å². The van der Waals surface area contributed by atoms with Crippen LogP contribution in [0.25, 0.3) is 11.1 Å². The fraction of sp³-hybridized carbons (Fsp3) is 0.423. The zero-order valence-corrected chi connectivity index (χ0v) is 21.5. The number of hydrogen-bond donors (Lipinski definition) is 2. The summed E-state index contributed by atoms with van der Waals surface area (Å²) in [6.07, 6.45) is -3.12. The molecule has 2 atom stereocenters. The van der Waals surface area contributed by atoms with Crippen LogP contribution in [0.4, 0.5) is 9.59 Å². The SMILES string of the molecule is CCOC(=O)OCOC(=O)C(O)C[C@@H](Cc1ccc(-c2cccc(Cl)c2)cc1)NC(=O)OC(C)(C)C. The van der Waals surface area contributed by atoms with Gasteiger partial charge in [0.2, 0.25) is 6.79 Å². The molecule has 0 aromatic heterocycles. The van der Waals surface area contributed by atoms with Crippen molar-refractivity contribution in [1.82, 2.24) is 5.32 Å². The van der Waals surface area contributed by atoms with Gasteiger partial charge in [0, 0.05) is 17.5 Å². The quantitative estimate of drug-likeness (QED) is 0.258. The molecule has 10 heteroatoms. The minimum atomic E-state index is -1.58. The Labute approximate surface area is 215 Å². The Morgan fingerprint density at radius 2 is 1.69 bits per heavy atom. The molecule has 0 bridgehead atoms. The van der Waals surface area contributed by atoms with Gasteiger partial charge in [-0.2, -0.15) is 0 Å². The highest BCUT2D eigenvalue weighted by Gasteiger charge is 2.26. The van der Waals surface area contributed by atoms with Gasteiger partial charge in [0.1, 0.15) is 5.60 Å². The number of carbonyl (C=O) groups is 3. The predicted molar refractivity (Wildman–Crippen MR) is 133 cm³/mol. The maximum atomic E-state index is 12.4. The van der Waals surface area contributed by atoms with Crippen LogP contribution in [-0.2, 0) is 30.2 Å². The van der Waals surface area contributed by atoms with E-state index >= 15 is 0 Å². The first-order valence-corrected chi connectivity index (χ1v) is 11.8. The van der Waals surface area contributed by atoms with Crippen molar-refractivity contribution in [3.05, 3.63) is 59.1 Å². The summed E-state index contributed by atoms with van der Waals surface area (Å²) in [5, 5.41) is 13.7. The fourth-order valence-corrected chi connectivity index (χ4v) is 3.40. The van der Waals surface area contributed by atoms with Crippen LogP contribution in [0.2, 0.25) is 5.02 Å². The Morgan fingerprint density at radius 1 is 1.00 bits per heavy atom. The number of benzene rings is 2. The van der Waals surface area contributed by atoms with Crippen LogP contribution in [0.3, 0.4) is 0 Å². The molecule has 0 fully saturated rings. The smallest absolute Gasteiger partial charge is 0.444 e. The Bertz CT molecular complexity index is 1020. The molecule has 2 rings (SSSR count). The van der Waals surface area contributed by atoms with Gasteiger partial charge in [-0.15, -0.1) is 0 Å². The zero-order chi connectivity index (χ0) is 26.7. The van der Waals surface area contributed by atoms with Gasteiger partial charge in [-0.3, -0.25) is 0 Å². The molecule has 0 saturated heterocycles. The third-order valence-corrected chi connectivity index (χ3v) is 4.97. The van der Waals surface area contributed by atoms with E-state index in [1.54, 1.807) is 33.8 Å². The van der Waals surface area contributed by atoms with Crippen molar-refractivity contribution in [1.29, 1.82) is 0 Å². The van der Waals surface area contributed by atoms with Crippen LogP contribution in [0.1, 0.15) is 39.7 Å². The van der Waals surface area contributed by atoms with Crippen LogP contribution >= 0.6 is 11.6 Å². The first-order chi connectivity index (χ1) is 17.0. The number of hydrogen-bond acceptors (Lipinski definition) is 8. The van der Waals surface area contributed by atoms with Crippen LogP contribution < -0.4 is 5.32 Å². The molecule has 196 valence electrons. The van der Waals surface area contributed by atoms with E-state index in [-0.39, 0.29) is 13.0 Å². The molecular formula is C26H32ClNO8. The highest BCUT2D eigenvalue weighted by molar-refractivity contribution is 6.30. The van der Waals surface area contributed by atoms with E-state index in [0.29, 0.717) is 11.4 Å². The second-order valence-electron chi connectivity index (χ2n) is 8.91. The lowest BCUT2D eigenvalue weighted by molar-refractivity contribution is -0.163. The van der Waals surface area contributed by atoms with E-state index < -0.39 is 42.8 Å². The number of rotatable bonds is 10. The number of aliphatic hydroxyl groups excluding tert-OH is 1. The number of ether oxygens (including phenoxy) is 4. The molecule has 2 N–H and O–H groups in total. The van der Waals surface area contributed by atoms with Crippen molar-refractivity contribution in [3.63, 3.8) is 0 Å². The van der Waals surface area contributed by atoms with Gasteiger partial charge in [-0.05, 0) is 62.9 Å². The van der Waals surface area contributed by atoms with Crippen molar-refractivity contribution >= 4 is 29.8 Å². The van der Waals surface area contributed by atoms with Gasteiger partial charge >= 0.3 is 18.2 Å². The third kappa shape index (κ3) is 10.5. The lowest BCUT2D eigenvalue weighted by atomic mass is 9.98. The number of esters is 1. The van der Waals surface area contributed by atoms with E-state index in [2.05, 4.69) is 14.8 Å². The number of aliphatic hydroxyl groups is 1. The van der Waals surface area contributed by atoms with Crippen molar-refractivity contribution in [3.8, 4) is 11.1 Å². The molecular weight excluding hydrogens is 490 g/mol. The van der Waals surface area contributed by atoms with E-state index in [1.165, 1.54) is 0 Å². The Hall–Kier alpha value is -3.30. The van der Waals surface area contributed by atoms with Crippen LogP contribution in [0.15, 0.2) is 48.5 Å². The molecule has 2 aromatic rings. The monoisotopic (exact) mass is 521 g/mol. The standard InChI is InChI=1S/C26H32ClNO8/c1-5-33-25(32)35-16-34-23(30)22(29)15-21(28-24(31)36-26(2,3)4)13-17-9-11-18(12-10-17)19-7-6-8-20(27)14-19/h6-12,14,21-22,29H,5,13,15-16H2,1-4H3,(H,28,31)/t21-,22?/m1/s1. The first kappa shape index (κ1) is 28.9. The minimum absolute atomic E-state index is 0.105. The second-order valence-corrected chi connectivity index (χ2v) is 9.35. The number of nitrogens with one attached hydrogen (secondary N) is 1. The fourth-order valence-electron chi connectivity index (χ4n) is 3.21. The topological polar surface area (TPSA) is 120 Å². The molecule has 0 spiro atoms. The molecule has 9 nitrogen and oxygen atoms in total. The second kappa shape index (κ2) is 13.7. The number of alkyl carbamates (subject to hydrolysis) is 1. The first-order valence-electron chi connectivity index (χ1n) is 11.5. The van der Waals surface area contributed by atoms with Crippen molar-refractivity contribution in [2.24, 2.45) is 0 Å². The Morgan fingerprint density at radius 3 is 2.31 bits per heavy atom. The Kier molecular flexibility index (Phi) is 11.0. The largest absolute Gasteiger partial charge is 0.511 e. The molecule has 0 aliphatic heterocycles. The van der Waals surface area contributed by atoms with Crippen molar-refractivity contribution in [2.75, 3.05) is 13.4 Å². The molecule has 2 aromatic carbocycles. The summed E-state index contributed by atoms with van der Waals surface area (Å²) < 4.78 is 19.2. The lowest BCUT2D eigenvalue weighted by Crippen LogP contribution is -2.43. The molecule has 0 aliphatic carbocycles. The molecule has 1 unspecified atom stereocenters. The summed E-state index contributed by atoms with van der Waals surface area (Å²) in [6, 6.07) is 14.4. The zero-order valence-electron chi connectivity index (χ0n) is 20.8. The maximum absolute atomic E-state index is 12.4. The van der Waals surface area contributed by atoms with E-state index in [0.717, 1.165) is 16.7 Å². The van der Waals surface area contributed by atoms with E-state index in [1.807, 2.05) is 42.5 Å². The van der Waals surface area contributed by atoms with Crippen molar-refractivity contribution in [2.45, 2.75) is 58.3 Å². The molecule has 0 radical (unpaired) electrons. The Balaban J connectivity index is 2.06. The average molecular weight is 522 g/mol. The van der Waals surface area contributed by atoms with Gasteiger partial charge < -0.3 is 29.4 Å². The molecule has 36 heavy (non-hydrogen) atoms. The summed E-state index contributed by atoms with van der Waals surface area (Å²) in [4.78, 5) is 35.7. The van der Waals surface area contributed by atoms with Crippen LogP contribution in [-0.4, -0.2) is 54.5 Å². The molecule has 0 heterocycles. The average Bonchev–Trinajstić information content (AvgIpc) is 2.78. The van der Waals surface area contributed by atoms with Gasteiger partial charge in [0.25, 0.3) is 0 Å². The predicted octanol–water partition coefficient (Wildman–Crippen LogP) is 4.87. The van der Waals surface area contributed by atoms with E-state index in [9.17, 15) is 19.5 Å². The highest BCUT2D eigenvalue weighted by Crippen LogP contribution is 2.23. The summed E-state index contributed by atoms with van der Waals surface area (Å²) in [6.45, 7) is 6.18. The molecule has 0 saturated carbocycles.